The predicted octanol–water partition coefficient (Wildman–Crippen LogP) is 2.65. The number of anilines is 1. The molecule has 1 heterocycles. The molecule has 18 heavy (non-hydrogen) atoms. The number of aryl methyl sites for hydroxylation is 1. The van der Waals surface area contributed by atoms with Gasteiger partial charge in [-0.15, -0.1) is 0 Å². The summed E-state index contributed by atoms with van der Waals surface area (Å²) in [6, 6.07) is 9.20. The van der Waals surface area contributed by atoms with E-state index in [0.29, 0.717) is 0 Å². The van der Waals surface area contributed by atoms with Crippen LogP contribution in [0.2, 0.25) is 0 Å². The molecule has 1 N–H and O–H groups in total. The molecule has 1 atom stereocenters. The molecule has 1 unspecified atom stereocenters. The molecule has 0 spiro atoms. The molecular formula is C14H17N3O. The van der Waals surface area contributed by atoms with Crippen molar-refractivity contribution in [3.05, 3.63) is 48.5 Å². The Morgan fingerprint density at radius 3 is 2.78 bits per heavy atom. The molecule has 4 heteroatoms. The first-order chi connectivity index (χ1) is 8.72. The number of nitrogens with zero attached hydrogens (tertiary/aromatic N) is 2. The number of benzene rings is 1. The molecule has 2 rings (SSSR count). The Bertz CT molecular complexity index is 519. The van der Waals surface area contributed by atoms with Crippen molar-refractivity contribution in [1.29, 1.82) is 0 Å². The van der Waals surface area contributed by atoms with Crippen LogP contribution in [0.15, 0.2) is 42.7 Å². The van der Waals surface area contributed by atoms with Crippen molar-refractivity contribution >= 4 is 11.6 Å². The van der Waals surface area contributed by atoms with Gasteiger partial charge in [-0.3, -0.25) is 4.79 Å². The van der Waals surface area contributed by atoms with Crippen molar-refractivity contribution in [3.8, 4) is 0 Å². The Hall–Kier alpha value is -2.10. The summed E-state index contributed by atoms with van der Waals surface area (Å²) in [5, 5.41) is 2.89. The molecule has 0 fully saturated rings. The Morgan fingerprint density at radius 2 is 2.11 bits per heavy atom. The number of hydrogen-bond donors (Lipinski definition) is 1. The van der Waals surface area contributed by atoms with Crippen LogP contribution in [-0.2, 0) is 11.2 Å². The van der Waals surface area contributed by atoms with E-state index in [1.807, 2.05) is 54.9 Å². The summed E-state index contributed by atoms with van der Waals surface area (Å²) in [6.07, 6.45) is 4.38. The minimum atomic E-state index is -0.261. The monoisotopic (exact) mass is 243 g/mol. The predicted molar refractivity (Wildman–Crippen MR) is 71.4 cm³/mol. The van der Waals surface area contributed by atoms with Crippen molar-refractivity contribution < 1.29 is 4.79 Å². The molecule has 0 aliphatic heterocycles. The number of para-hydroxylation sites is 1. The summed E-state index contributed by atoms with van der Waals surface area (Å²) >= 11 is 0. The number of amides is 1. The fraction of sp³-hybridized carbons (Fsp3) is 0.286. The summed E-state index contributed by atoms with van der Waals surface area (Å²) < 4.78 is 1.90. The Morgan fingerprint density at radius 1 is 1.39 bits per heavy atom. The molecular weight excluding hydrogens is 226 g/mol. The second-order valence-electron chi connectivity index (χ2n) is 4.14. The highest BCUT2D eigenvalue weighted by Gasteiger charge is 2.16. The van der Waals surface area contributed by atoms with E-state index in [9.17, 15) is 4.79 Å². The van der Waals surface area contributed by atoms with Crippen molar-refractivity contribution in [2.45, 2.75) is 26.3 Å². The topological polar surface area (TPSA) is 46.9 Å². The highest BCUT2D eigenvalue weighted by molar-refractivity contribution is 5.93. The van der Waals surface area contributed by atoms with Gasteiger partial charge in [0, 0.05) is 24.5 Å². The number of imidazole rings is 1. The molecule has 1 aromatic carbocycles. The minimum absolute atomic E-state index is 0.0334. The SMILES string of the molecule is CCc1nccn1C(C)C(=O)Nc1ccccc1. The maximum atomic E-state index is 12.1. The van der Waals surface area contributed by atoms with Crippen LogP contribution in [0.25, 0.3) is 0 Å². The number of nitrogens with one attached hydrogen (secondary N) is 1. The second-order valence-corrected chi connectivity index (χ2v) is 4.14. The van der Waals surface area contributed by atoms with Crippen molar-refractivity contribution in [2.24, 2.45) is 0 Å². The Balaban J connectivity index is 2.10. The molecule has 0 saturated carbocycles. The lowest BCUT2D eigenvalue weighted by molar-refractivity contribution is -0.118. The average Bonchev–Trinajstić information content (AvgIpc) is 2.87. The number of hydrogen-bond acceptors (Lipinski definition) is 2. The first-order valence-electron chi connectivity index (χ1n) is 6.10. The highest BCUT2D eigenvalue weighted by Crippen LogP contribution is 2.13. The van der Waals surface area contributed by atoms with E-state index >= 15 is 0 Å². The smallest absolute Gasteiger partial charge is 0.247 e. The van der Waals surface area contributed by atoms with E-state index in [-0.39, 0.29) is 11.9 Å². The average molecular weight is 243 g/mol. The number of aromatic nitrogens is 2. The summed E-state index contributed by atoms with van der Waals surface area (Å²) in [5.74, 6) is 0.889. The molecule has 0 aliphatic rings. The van der Waals surface area contributed by atoms with Gasteiger partial charge in [0.05, 0.1) is 0 Å². The first-order valence-corrected chi connectivity index (χ1v) is 6.10. The maximum absolute atomic E-state index is 12.1. The molecule has 0 bridgehead atoms. The molecule has 1 amide bonds. The molecule has 94 valence electrons. The lowest BCUT2D eigenvalue weighted by Gasteiger charge is -2.15. The van der Waals surface area contributed by atoms with Crippen LogP contribution in [0, 0.1) is 0 Å². The molecule has 0 radical (unpaired) electrons. The van der Waals surface area contributed by atoms with E-state index in [0.717, 1.165) is 17.9 Å². The van der Waals surface area contributed by atoms with Gasteiger partial charge < -0.3 is 9.88 Å². The van der Waals surface area contributed by atoms with Gasteiger partial charge in [-0.25, -0.2) is 4.98 Å². The molecule has 4 nitrogen and oxygen atoms in total. The van der Waals surface area contributed by atoms with Gasteiger partial charge >= 0.3 is 0 Å². The fourth-order valence-corrected chi connectivity index (χ4v) is 1.86. The molecule has 0 saturated heterocycles. The van der Waals surface area contributed by atoms with Crippen LogP contribution < -0.4 is 5.32 Å². The van der Waals surface area contributed by atoms with Gasteiger partial charge in [-0.2, -0.15) is 0 Å². The van der Waals surface area contributed by atoms with Crippen molar-refractivity contribution in [1.82, 2.24) is 9.55 Å². The third-order valence-electron chi connectivity index (χ3n) is 2.90. The Labute approximate surface area is 107 Å². The summed E-state index contributed by atoms with van der Waals surface area (Å²) in [5.41, 5.74) is 0.813. The zero-order valence-electron chi connectivity index (χ0n) is 10.6. The van der Waals surface area contributed by atoms with Crippen molar-refractivity contribution in [2.75, 3.05) is 5.32 Å². The summed E-state index contributed by atoms with van der Waals surface area (Å²) in [6.45, 7) is 3.90. The number of carbonyl (C=O) groups is 1. The van der Waals surface area contributed by atoms with E-state index in [1.165, 1.54) is 0 Å². The summed E-state index contributed by atoms with van der Waals surface area (Å²) in [4.78, 5) is 16.3. The third-order valence-corrected chi connectivity index (χ3v) is 2.90. The van der Waals surface area contributed by atoms with Gasteiger partial charge in [0.2, 0.25) is 5.91 Å². The lowest BCUT2D eigenvalue weighted by Crippen LogP contribution is -2.24. The fourth-order valence-electron chi connectivity index (χ4n) is 1.86. The molecule has 2 aromatic rings. The second kappa shape index (κ2) is 5.49. The van der Waals surface area contributed by atoms with Crippen LogP contribution >= 0.6 is 0 Å². The lowest BCUT2D eigenvalue weighted by atomic mass is 10.2. The zero-order valence-corrected chi connectivity index (χ0v) is 10.6. The quantitative estimate of drug-likeness (QED) is 0.897. The van der Waals surface area contributed by atoms with E-state index < -0.39 is 0 Å². The largest absolute Gasteiger partial charge is 0.324 e. The van der Waals surface area contributed by atoms with Crippen LogP contribution in [0.3, 0.4) is 0 Å². The normalized spacial score (nSPS) is 12.1. The summed E-state index contributed by atoms with van der Waals surface area (Å²) in [7, 11) is 0. The zero-order chi connectivity index (χ0) is 13.0. The van der Waals surface area contributed by atoms with Gasteiger partial charge in [0.15, 0.2) is 0 Å². The molecule has 0 aliphatic carbocycles. The number of rotatable bonds is 4. The Kier molecular flexibility index (Phi) is 3.77. The van der Waals surface area contributed by atoms with Crippen LogP contribution in [0.5, 0.6) is 0 Å². The van der Waals surface area contributed by atoms with Gasteiger partial charge in [-0.1, -0.05) is 25.1 Å². The standard InChI is InChI=1S/C14H17N3O/c1-3-13-15-9-10-17(13)11(2)14(18)16-12-7-5-4-6-8-12/h4-11H,3H2,1-2H3,(H,16,18). The third kappa shape index (κ3) is 2.59. The van der Waals surface area contributed by atoms with Crippen LogP contribution in [-0.4, -0.2) is 15.5 Å². The van der Waals surface area contributed by atoms with E-state index in [4.69, 9.17) is 0 Å². The van der Waals surface area contributed by atoms with Crippen LogP contribution in [0.4, 0.5) is 5.69 Å². The van der Waals surface area contributed by atoms with Crippen LogP contribution in [0.1, 0.15) is 25.7 Å². The molecule has 1 aromatic heterocycles. The van der Waals surface area contributed by atoms with Gasteiger partial charge in [0.25, 0.3) is 0 Å². The maximum Gasteiger partial charge on any atom is 0.247 e. The van der Waals surface area contributed by atoms with E-state index in [2.05, 4.69) is 10.3 Å². The highest BCUT2D eigenvalue weighted by atomic mass is 16.2. The number of carbonyl (C=O) groups excluding carboxylic acids is 1. The van der Waals surface area contributed by atoms with Gasteiger partial charge in [0.1, 0.15) is 11.9 Å². The van der Waals surface area contributed by atoms with Crippen molar-refractivity contribution in [3.63, 3.8) is 0 Å². The van der Waals surface area contributed by atoms with Gasteiger partial charge in [-0.05, 0) is 19.1 Å². The van der Waals surface area contributed by atoms with E-state index in [1.54, 1.807) is 6.20 Å². The minimum Gasteiger partial charge on any atom is -0.324 e. The first kappa shape index (κ1) is 12.4.